The van der Waals surface area contributed by atoms with Crippen molar-refractivity contribution < 1.29 is 4.79 Å². The first-order chi connectivity index (χ1) is 14.1. The van der Waals surface area contributed by atoms with Gasteiger partial charge in [0.1, 0.15) is 0 Å². The van der Waals surface area contributed by atoms with Crippen LogP contribution in [0.5, 0.6) is 0 Å². The van der Waals surface area contributed by atoms with Crippen molar-refractivity contribution in [1.29, 1.82) is 0 Å². The van der Waals surface area contributed by atoms with E-state index in [2.05, 4.69) is 52.7 Å². The van der Waals surface area contributed by atoms with Crippen LogP contribution in [-0.4, -0.2) is 89.0 Å². The molecule has 30 heavy (non-hydrogen) atoms. The van der Waals surface area contributed by atoms with Crippen molar-refractivity contribution in [1.82, 2.24) is 25.0 Å². The Morgan fingerprint density at radius 1 is 1.13 bits per heavy atom. The number of piperazine rings is 1. The number of hydrogen-bond donors (Lipinski definition) is 1. The summed E-state index contributed by atoms with van der Waals surface area (Å²) >= 11 is 6.13. The Morgan fingerprint density at radius 2 is 1.73 bits per heavy atom. The molecule has 2 aliphatic heterocycles. The maximum absolute atomic E-state index is 13.3. The minimum absolute atomic E-state index is 0.0566. The average Bonchev–Trinajstić information content (AvgIpc) is 2.70. The molecule has 1 aromatic heterocycles. The molecule has 1 amide bonds. The Morgan fingerprint density at radius 3 is 2.30 bits per heavy atom. The van der Waals surface area contributed by atoms with Crippen LogP contribution < -0.4 is 5.32 Å². The highest BCUT2D eigenvalue weighted by Crippen LogP contribution is 2.29. The Hall–Kier alpha value is -1.21. The summed E-state index contributed by atoms with van der Waals surface area (Å²) in [7, 11) is 0. The van der Waals surface area contributed by atoms with Gasteiger partial charge in [0.05, 0.1) is 21.8 Å². The maximum Gasteiger partial charge on any atom is 0.253 e. The number of halogens is 1. The summed E-state index contributed by atoms with van der Waals surface area (Å²) in [5.74, 6) is -0.0566. The molecule has 1 N–H and O–H groups in total. The van der Waals surface area contributed by atoms with E-state index in [4.69, 9.17) is 11.6 Å². The first-order valence-corrected chi connectivity index (χ1v) is 11.6. The third-order valence-corrected chi connectivity index (χ3v) is 6.99. The van der Waals surface area contributed by atoms with Crippen molar-refractivity contribution in [3.8, 4) is 0 Å². The number of aromatic nitrogens is 1. The number of carbonyl (C=O) groups excluding carboxylic acids is 1. The lowest BCUT2D eigenvalue weighted by Crippen LogP contribution is -2.63. The molecule has 2 fully saturated rings. The zero-order valence-corrected chi connectivity index (χ0v) is 20.1. The molecule has 2 saturated heterocycles. The second-order valence-corrected chi connectivity index (χ2v) is 10.3. The van der Waals surface area contributed by atoms with Crippen molar-refractivity contribution >= 4 is 17.5 Å². The van der Waals surface area contributed by atoms with Gasteiger partial charge in [-0.15, -0.1) is 0 Å². The summed E-state index contributed by atoms with van der Waals surface area (Å²) in [6, 6.07) is 1.73. The van der Waals surface area contributed by atoms with Crippen molar-refractivity contribution in [2.24, 2.45) is 0 Å². The van der Waals surface area contributed by atoms with Crippen molar-refractivity contribution in [3.05, 3.63) is 28.5 Å². The first-order valence-electron chi connectivity index (χ1n) is 11.3. The fourth-order valence-corrected chi connectivity index (χ4v) is 4.82. The van der Waals surface area contributed by atoms with Gasteiger partial charge in [0, 0.05) is 57.5 Å². The Labute approximate surface area is 187 Å². The number of nitrogens with one attached hydrogen (secondary N) is 1. The molecule has 0 aromatic carbocycles. The topological polar surface area (TPSA) is 51.7 Å². The number of likely N-dealkylation sites (tertiary alicyclic amines) is 1. The summed E-state index contributed by atoms with van der Waals surface area (Å²) < 4.78 is 0. The van der Waals surface area contributed by atoms with E-state index in [9.17, 15) is 4.79 Å². The standard InChI is InChI=1S/C23H38ClN5O/c1-6-27-11-13-28(14-12-27)17-23(7-9-29(10-8-23)22(3,4)5)26-21(30)20-15-19(24)16-25-18(20)2/h15-16H,6-14,17H2,1-5H3,(H,26,30). The second kappa shape index (κ2) is 9.51. The van der Waals surface area contributed by atoms with Gasteiger partial charge in [0.15, 0.2) is 0 Å². The monoisotopic (exact) mass is 435 g/mol. The molecular formula is C23H38ClN5O. The van der Waals surface area contributed by atoms with E-state index in [1.54, 1.807) is 12.3 Å². The van der Waals surface area contributed by atoms with Crippen LogP contribution in [0.2, 0.25) is 5.02 Å². The van der Waals surface area contributed by atoms with E-state index in [-0.39, 0.29) is 17.0 Å². The van der Waals surface area contributed by atoms with E-state index in [0.29, 0.717) is 10.6 Å². The first kappa shape index (κ1) is 23.5. The fraction of sp³-hybridized carbons (Fsp3) is 0.739. The molecule has 2 aliphatic rings. The van der Waals surface area contributed by atoms with Gasteiger partial charge in [0.25, 0.3) is 5.91 Å². The quantitative estimate of drug-likeness (QED) is 0.770. The molecule has 0 saturated carbocycles. The molecule has 0 bridgehead atoms. The van der Waals surface area contributed by atoms with E-state index in [0.717, 1.165) is 70.9 Å². The predicted molar refractivity (Wildman–Crippen MR) is 123 cm³/mol. The predicted octanol–water partition coefficient (Wildman–Crippen LogP) is 3.04. The smallest absolute Gasteiger partial charge is 0.253 e. The van der Waals surface area contributed by atoms with Crippen LogP contribution in [0.3, 0.4) is 0 Å². The van der Waals surface area contributed by atoms with Crippen molar-refractivity contribution in [2.75, 3.05) is 52.4 Å². The number of carbonyl (C=O) groups is 1. The normalized spacial score (nSPS) is 21.5. The van der Waals surface area contributed by atoms with Gasteiger partial charge in [-0.25, -0.2) is 0 Å². The van der Waals surface area contributed by atoms with Gasteiger partial charge in [-0.2, -0.15) is 0 Å². The highest BCUT2D eigenvalue weighted by Gasteiger charge is 2.40. The van der Waals surface area contributed by atoms with Crippen LogP contribution in [0.25, 0.3) is 0 Å². The number of nitrogens with zero attached hydrogens (tertiary/aromatic N) is 4. The number of rotatable bonds is 5. The summed E-state index contributed by atoms with van der Waals surface area (Å²) in [6.45, 7) is 19.2. The number of piperidine rings is 1. The number of likely N-dealkylation sites (N-methyl/N-ethyl adjacent to an activating group) is 1. The largest absolute Gasteiger partial charge is 0.345 e. The molecule has 1 aromatic rings. The molecule has 0 spiro atoms. The molecule has 0 aliphatic carbocycles. The highest BCUT2D eigenvalue weighted by molar-refractivity contribution is 6.30. The zero-order chi connectivity index (χ0) is 21.9. The molecule has 3 rings (SSSR count). The molecular weight excluding hydrogens is 398 g/mol. The van der Waals surface area contributed by atoms with Crippen LogP contribution in [0, 0.1) is 6.92 Å². The Balaban J connectivity index is 1.76. The summed E-state index contributed by atoms with van der Waals surface area (Å²) in [4.78, 5) is 25.1. The number of aryl methyl sites for hydroxylation is 1. The van der Waals surface area contributed by atoms with Gasteiger partial charge >= 0.3 is 0 Å². The fourth-order valence-electron chi connectivity index (χ4n) is 4.67. The van der Waals surface area contributed by atoms with Gasteiger partial charge in [-0.05, 0) is 53.1 Å². The summed E-state index contributed by atoms with van der Waals surface area (Å²) in [6.07, 6.45) is 3.51. The molecule has 7 heteroatoms. The van der Waals surface area contributed by atoms with Crippen LogP contribution in [0.15, 0.2) is 12.3 Å². The van der Waals surface area contributed by atoms with Crippen LogP contribution in [-0.2, 0) is 0 Å². The molecule has 0 atom stereocenters. The Bertz CT molecular complexity index is 732. The zero-order valence-electron chi connectivity index (χ0n) is 19.3. The van der Waals surface area contributed by atoms with Gasteiger partial charge in [0.2, 0.25) is 0 Å². The van der Waals surface area contributed by atoms with Crippen LogP contribution in [0.1, 0.15) is 56.6 Å². The van der Waals surface area contributed by atoms with Crippen molar-refractivity contribution in [3.63, 3.8) is 0 Å². The van der Waals surface area contributed by atoms with Gasteiger partial charge in [-0.1, -0.05) is 18.5 Å². The number of hydrogen-bond acceptors (Lipinski definition) is 5. The van der Waals surface area contributed by atoms with Crippen LogP contribution in [0.4, 0.5) is 0 Å². The molecule has 0 unspecified atom stereocenters. The lowest BCUT2D eigenvalue weighted by atomic mass is 9.84. The molecule has 0 radical (unpaired) electrons. The van der Waals surface area contributed by atoms with E-state index in [1.807, 2.05) is 6.92 Å². The Kier molecular flexibility index (Phi) is 7.44. The minimum Gasteiger partial charge on any atom is -0.345 e. The van der Waals surface area contributed by atoms with Crippen LogP contribution >= 0.6 is 11.6 Å². The summed E-state index contributed by atoms with van der Waals surface area (Å²) in [5, 5.41) is 3.94. The SMILES string of the molecule is CCN1CCN(CC2(NC(=O)c3cc(Cl)cnc3C)CCN(C(C)(C)C)CC2)CC1. The highest BCUT2D eigenvalue weighted by atomic mass is 35.5. The molecule has 6 nitrogen and oxygen atoms in total. The third kappa shape index (κ3) is 5.72. The third-order valence-electron chi connectivity index (χ3n) is 6.78. The minimum atomic E-state index is -0.220. The maximum atomic E-state index is 13.3. The van der Waals surface area contributed by atoms with E-state index >= 15 is 0 Å². The molecule has 3 heterocycles. The van der Waals surface area contributed by atoms with Gasteiger partial charge in [-0.3, -0.25) is 19.6 Å². The molecule has 168 valence electrons. The average molecular weight is 436 g/mol. The number of amides is 1. The van der Waals surface area contributed by atoms with E-state index in [1.165, 1.54) is 0 Å². The second-order valence-electron chi connectivity index (χ2n) is 9.89. The van der Waals surface area contributed by atoms with Gasteiger partial charge < -0.3 is 10.2 Å². The van der Waals surface area contributed by atoms with Crippen molar-refractivity contribution in [2.45, 2.75) is 58.5 Å². The lowest BCUT2D eigenvalue weighted by molar-refractivity contribution is 0.0322. The lowest BCUT2D eigenvalue weighted by Gasteiger charge is -2.49. The summed E-state index contributed by atoms with van der Waals surface area (Å²) in [5.41, 5.74) is 1.23. The van der Waals surface area contributed by atoms with E-state index < -0.39 is 0 Å². The number of pyridine rings is 1.